The quantitative estimate of drug-likeness (QED) is 0.703. The Morgan fingerprint density at radius 2 is 2.11 bits per heavy atom. The first kappa shape index (κ1) is 18.8. The van der Waals surface area contributed by atoms with E-state index in [1.165, 1.54) is 17.0 Å². The van der Waals surface area contributed by atoms with Crippen molar-refractivity contribution in [1.29, 1.82) is 0 Å². The third-order valence-electron chi connectivity index (χ3n) is 4.16. The van der Waals surface area contributed by atoms with E-state index in [4.69, 9.17) is 16.1 Å². The Bertz CT molecular complexity index is 1030. The topological polar surface area (TPSA) is 90.0 Å². The van der Waals surface area contributed by atoms with Crippen molar-refractivity contribution in [2.75, 3.05) is 6.54 Å². The van der Waals surface area contributed by atoms with E-state index in [1.54, 1.807) is 25.1 Å². The minimum absolute atomic E-state index is 0.144. The highest BCUT2D eigenvalue weighted by Crippen LogP contribution is 2.30. The van der Waals surface area contributed by atoms with Crippen LogP contribution in [-0.2, 0) is 13.0 Å². The summed E-state index contributed by atoms with van der Waals surface area (Å²) in [7, 11) is 0. The van der Waals surface area contributed by atoms with Crippen molar-refractivity contribution in [3.63, 3.8) is 0 Å². The van der Waals surface area contributed by atoms with Gasteiger partial charge in [-0.2, -0.15) is 0 Å². The van der Waals surface area contributed by atoms with Crippen LogP contribution < -0.4 is 10.9 Å². The first-order chi connectivity index (χ1) is 13.0. The number of nitrogens with one attached hydrogen (secondary N) is 1. The van der Waals surface area contributed by atoms with Gasteiger partial charge in [-0.1, -0.05) is 41.9 Å². The number of aromatic nitrogens is 3. The molecule has 0 spiro atoms. The second kappa shape index (κ2) is 8.18. The third-order valence-corrected chi connectivity index (χ3v) is 4.48. The largest absolute Gasteiger partial charge is 0.360 e. The number of carbonyl (C=O) groups is 1. The Hall–Kier alpha value is -2.93. The van der Waals surface area contributed by atoms with Gasteiger partial charge in [0.1, 0.15) is 17.0 Å². The van der Waals surface area contributed by atoms with Crippen LogP contribution in [0, 0.1) is 6.92 Å². The van der Waals surface area contributed by atoms with Crippen molar-refractivity contribution in [2.24, 2.45) is 0 Å². The molecule has 0 atom stereocenters. The lowest BCUT2D eigenvalue weighted by Crippen LogP contribution is -2.31. The summed E-state index contributed by atoms with van der Waals surface area (Å²) < 4.78 is 6.65. The van der Waals surface area contributed by atoms with Crippen molar-refractivity contribution in [1.82, 2.24) is 20.0 Å². The van der Waals surface area contributed by atoms with E-state index < -0.39 is 0 Å². The van der Waals surface area contributed by atoms with Crippen molar-refractivity contribution < 1.29 is 9.32 Å². The first-order valence-corrected chi connectivity index (χ1v) is 8.93. The summed E-state index contributed by atoms with van der Waals surface area (Å²) in [6.07, 6.45) is 2.19. The lowest BCUT2D eigenvalue weighted by Gasteiger charge is -2.08. The molecule has 0 saturated carbocycles. The minimum Gasteiger partial charge on any atom is -0.360 e. The molecule has 0 fully saturated rings. The monoisotopic (exact) mass is 386 g/mol. The summed E-state index contributed by atoms with van der Waals surface area (Å²) in [5.41, 5.74) is 1.94. The minimum atomic E-state index is -0.338. The summed E-state index contributed by atoms with van der Waals surface area (Å²) in [4.78, 5) is 28.8. The SMILES string of the molecule is CCc1cc(=O)n(CCNC(=O)c2c(-c3ccccc3Cl)noc2C)cn1. The highest BCUT2D eigenvalue weighted by atomic mass is 35.5. The van der Waals surface area contributed by atoms with E-state index in [2.05, 4.69) is 15.5 Å². The molecular formula is C19H19ClN4O3. The van der Waals surface area contributed by atoms with Gasteiger partial charge in [-0.3, -0.25) is 14.2 Å². The molecule has 0 unspecified atom stereocenters. The van der Waals surface area contributed by atoms with Gasteiger partial charge in [0.05, 0.1) is 11.3 Å². The van der Waals surface area contributed by atoms with Crippen LogP contribution in [0.15, 0.2) is 46.0 Å². The molecule has 8 heteroatoms. The second-order valence-corrected chi connectivity index (χ2v) is 6.37. The smallest absolute Gasteiger partial charge is 0.257 e. The fourth-order valence-electron chi connectivity index (χ4n) is 2.68. The number of rotatable bonds is 6. The number of aryl methyl sites for hydroxylation is 2. The molecule has 140 valence electrons. The third kappa shape index (κ3) is 4.09. The molecule has 0 aliphatic carbocycles. The zero-order valence-corrected chi connectivity index (χ0v) is 15.8. The molecule has 0 bridgehead atoms. The highest BCUT2D eigenvalue weighted by Gasteiger charge is 2.22. The van der Waals surface area contributed by atoms with Crippen molar-refractivity contribution in [3.05, 3.63) is 69.1 Å². The predicted molar refractivity (Wildman–Crippen MR) is 102 cm³/mol. The molecule has 0 aliphatic heterocycles. The van der Waals surface area contributed by atoms with Gasteiger partial charge in [0.2, 0.25) is 0 Å². The fourth-order valence-corrected chi connectivity index (χ4v) is 2.90. The molecule has 0 radical (unpaired) electrons. The van der Waals surface area contributed by atoms with Gasteiger partial charge in [-0.15, -0.1) is 0 Å². The number of halogens is 1. The zero-order valence-electron chi connectivity index (χ0n) is 15.0. The Morgan fingerprint density at radius 3 is 2.81 bits per heavy atom. The van der Waals surface area contributed by atoms with Crippen LogP contribution in [0.25, 0.3) is 11.3 Å². The van der Waals surface area contributed by atoms with E-state index >= 15 is 0 Å². The van der Waals surface area contributed by atoms with E-state index in [-0.39, 0.29) is 18.0 Å². The average molecular weight is 387 g/mol. The predicted octanol–water partition coefficient (Wildman–Crippen LogP) is 2.85. The van der Waals surface area contributed by atoms with E-state index in [1.807, 2.05) is 13.0 Å². The van der Waals surface area contributed by atoms with Crippen molar-refractivity contribution in [3.8, 4) is 11.3 Å². The van der Waals surface area contributed by atoms with Crippen LogP contribution in [0.3, 0.4) is 0 Å². The normalized spacial score (nSPS) is 10.8. The van der Waals surface area contributed by atoms with Crippen LogP contribution in [0.4, 0.5) is 0 Å². The number of carbonyl (C=O) groups excluding carboxylic acids is 1. The van der Waals surface area contributed by atoms with Gasteiger partial charge in [0.15, 0.2) is 0 Å². The number of nitrogens with zero attached hydrogens (tertiary/aromatic N) is 3. The Labute approximate surface area is 161 Å². The number of amides is 1. The Morgan fingerprint density at radius 1 is 1.33 bits per heavy atom. The molecule has 2 heterocycles. The standard InChI is InChI=1S/C19H19ClN4O3/c1-3-13-10-16(25)24(11-22-13)9-8-21-19(26)17-12(2)27-23-18(17)14-6-4-5-7-15(14)20/h4-7,10-11H,3,8-9H2,1-2H3,(H,21,26). The lowest BCUT2D eigenvalue weighted by molar-refractivity contribution is 0.0951. The van der Waals surface area contributed by atoms with Gasteiger partial charge in [-0.25, -0.2) is 4.98 Å². The van der Waals surface area contributed by atoms with Gasteiger partial charge >= 0.3 is 0 Å². The zero-order chi connectivity index (χ0) is 19.4. The molecule has 7 nitrogen and oxygen atoms in total. The van der Waals surface area contributed by atoms with E-state index in [0.717, 1.165) is 5.69 Å². The molecule has 3 rings (SSSR count). The molecule has 1 amide bonds. The van der Waals surface area contributed by atoms with Crippen LogP contribution in [0.1, 0.15) is 28.7 Å². The summed E-state index contributed by atoms with van der Waals surface area (Å²) in [5.74, 6) is 0.0587. The maximum absolute atomic E-state index is 12.7. The molecule has 1 aromatic carbocycles. The van der Waals surface area contributed by atoms with Crippen LogP contribution in [0.2, 0.25) is 5.02 Å². The van der Waals surface area contributed by atoms with E-state index in [9.17, 15) is 9.59 Å². The average Bonchev–Trinajstić information content (AvgIpc) is 3.04. The summed E-state index contributed by atoms with van der Waals surface area (Å²) >= 11 is 6.21. The highest BCUT2D eigenvalue weighted by molar-refractivity contribution is 6.33. The fraction of sp³-hybridized carbons (Fsp3) is 0.263. The second-order valence-electron chi connectivity index (χ2n) is 5.96. The van der Waals surface area contributed by atoms with Gasteiger partial charge < -0.3 is 9.84 Å². The first-order valence-electron chi connectivity index (χ1n) is 8.56. The van der Waals surface area contributed by atoms with Crippen LogP contribution in [0.5, 0.6) is 0 Å². The molecule has 2 aromatic heterocycles. The molecule has 27 heavy (non-hydrogen) atoms. The molecule has 3 aromatic rings. The van der Waals surface area contributed by atoms with Gasteiger partial charge in [-0.05, 0) is 19.4 Å². The van der Waals surface area contributed by atoms with Crippen LogP contribution in [-0.4, -0.2) is 27.2 Å². The number of benzene rings is 1. The van der Waals surface area contributed by atoms with Crippen molar-refractivity contribution >= 4 is 17.5 Å². The maximum atomic E-state index is 12.7. The summed E-state index contributed by atoms with van der Waals surface area (Å²) in [6.45, 7) is 4.18. The van der Waals surface area contributed by atoms with Gasteiger partial charge in [0.25, 0.3) is 11.5 Å². The molecule has 0 saturated heterocycles. The van der Waals surface area contributed by atoms with E-state index in [0.29, 0.717) is 40.6 Å². The molecular weight excluding hydrogens is 368 g/mol. The van der Waals surface area contributed by atoms with Gasteiger partial charge in [0, 0.05) is 30.4 Å². The lowest BCUT2D eigenvalue weighted by atomic mass is 10.1. The maximum Gasteiger partial charge on any atom is 0.257 e. The number of hydrogen-bond donors (Lipinski definition) is 1. The van der Waals surface area contributed by atoms with Crippen LogP contribution >= 0.6 is 11.6 Å². The Kier molecular flexibility index (Phi) is 5.71. The molecule has 0 aliphatic rings. The summed E-state index contributed by atoms with van der Waals surface area (Å²) in [6, 6.07) is 8.61. The van der Waals surface area contributed by atoms with Crippen molar-refractivity contribution in [2.45, 2.75) is 26.8 Å². The summed E-state index contributed by atoms with van der Waals surface area (Å²) in [5, 5.41) is 7.25. The Balaban J connectivity index is 1.73. The number of hydrogen-bond acceptors (Lipinski definition) is 5. The molecule has 1 N–H and O–H groups in total.